The van der Waals surface area contributed by atoms with Crippen LogP contribution >= 0.6 is 0 Å². The zero-order chi connectivity index (χ0) is 21.8. The van der Waals surface area contributed by atoms with E-state index in [9.17, 15) is 14.0 Å². The van der Waals surface area contributed by atoms with Crippen molar-refractivity contribution in [2.24, 2.45) is 0 Å². The van der Waals surface area contributed by atoms with Gasteiger partial charge in [0.05, 0.1) is 12.1 Å². The minimum atomic E-state index is -0.312. The van der Waals surface area contributed by atoms with Gasteiger partial charge in [-0.2, -0.15) is 0 Å². The van der Waals surface area contributed by atoms with Crippen LogP contribution in [0, 0.1) is 19.7 Å². The molecular weight excluding hydrogens is 381 g/mol. The Hall–Kier alpha value is -3.41. The van der Waals surface area contributed by atoms with Crippen molar-refractivity contribution in [3.63, 3.8) is 0 Å². The summed E-state index contributed by atoms with van der Waals surface area (Å²) in [6.07, 6.45) is 0.806. The maximum atomic E-state index is 13.3. The fraction of sp³-hybridized carbons (Fsp3) is 0.250. The molecular formula is C24H26FN3O2. The average molecular weight is 407 g/mol. The number of rotatable bonds is 6. The maximum Gasteiger partial charge on any atom is 0.255 e. The maximum absolute atomic E-state index is 13.3. The number of carbonyl (C=O) groups is 2. The van der Waals surface area contributed by atoms with E-state index in [2.05, 4.69) is 5.32 Å². The standard InChI is InChI=1S/C24H26FN3O2/c1-5-18-8-6-7-9-22(18)26-23(29)15-27(4)24(30)21-14-16(2)28(17(21)3)20-12-10-19(25)11-13-20/h6-14H,5,15H2,1-4H3,(H,26,29). The normalized spacial score (nSPS) is 10.7. The third-order valence-corrected chi connectivity index (χ3v) is 5.15. The number of likely N-dealkylation sites (N-methyl/N-ethyl adjacent to an activating group) is 1. The smallest absolute Gasteiger partial charge is 0.255 e. The van der Waals surface area contributed by atoms with Crippen LogP contribution in [0.3, 0.4) is 0 Å². The monoisotopic (exact) mass is 407 g/mol. The van der Waals surface area contributed by atoms with Crippen LogP contribution in [0.5, 0.6) is 0 Å². The molecule has 1 heterocycles. The van der Waals surface area contributed by atoms with Gasteiger partial charge in [-0.15, -0.1) is 0 Å². The molecule has 0 atom stereocenters. The Morgan fingerprint density at radius 3 is 2.40 bits per heavy atom. The fourth-order valence-corrected chi connectivity index (χ4v) is 3.60. The van der Waals surface area contributed by atoms with Crippen molar-refractivity contribution >= 4 is 17.5 Å². The highest BCUT2D eigenvalue weighted by molar-refractivity contribution is 6.00. The summed E-state index contributed by atoms with van der Waals surface area (Å²) in [6.45, 7) is 5.70. The first-order chi connectivity index (χ1) is 14.3. The van der Waals surface area contributed by atoms with Crippen molar-refractivity contribution in [1.29, 1.82) is 0 Å². The minimum absolute atomic E-state index is 0.0584. The third kappa shape index (κ3) is 4.43. The Labute approximate surface area is 176 Å². The van der Waals surface area contributed by atoms with E-state index in [-0.39, 0.29) is 24.2 Å². The Morgan fingerprint density at radius 2 is 1.73 bits per heavy atom. The lowest BCUT2D eigenvalue weighted by molar-refractivity contribution is -0.116. The molecule has 0 radical (unpaired) electrons. The van der Waals surface area contributed by atoms with Crippen LogP contribution < -0.4 is 5.32 Å². The number of nitrogens with one attached hydrogen (secondary N) is 1. The van der Waals surface area contributed by atoms with Gasteiger partial charge in [0.2, 0.25) is 5.91 Å². The van der Waals surface area contributed by atoms with Gasteiger partial charge < -0.3 is 14.8 Å². The molecule has 0 aliphatic rings. The first-order valence-electron chi connectivity index (χ1n) is 9.90. The summed E-state index contributed by atoms with van der Waals surface area (Å²) in [4.78, 5) is 26.9. The molecule has 30 heavy (non-hydrogen) atoms. The Balaban J connectivity index is 1.75. The van der Waals surface area contributed by atoms with Crippen molar-refractivity contribution in [3.8, 4) is 5.69 Å². The van der Waals surface area contributed by atoms with E-state index in [0.717, 1.165) is 34.7 Å². The molecule has 0 bridgehead atoms. The van der Waals surface area contributed by atoms with Crippen LogP contribution in [0.25, 0.3) is 5.69 Å². The number of hydrogen-bond donors (Lipinski definition) is 1. The van der Waals surface area contributed by atoms with E-state index in [0.29, 0.717) is 5.56 Å². The molecule has 1 N–H and O–H groups in total. The molecule has 3 aromatic rings. The predicted molar refractivity (Wildman–Crippen MR) is 117 cm³/mol. The van der Waals surface area contributed by atoms with Gasteiger partial charge in [-0.25, -0.2) is 4.39 Å². The summed E-state index contributed by atoms with van der Waals surface area (Å²) in [7, 11) is 1.61. The number of hydrogen-bond acceptors (Lipinski definition) is 2. The molecule has 0 aliphatic carbocycles. The minimum Gasteiger partial charge on any atom is -0.332 e. The van der Waals surface area contributed by atoms with Crippen LogP contribution in [-0.4, -0.2) is 34.9 Å². The quantitative estimate of drug-likeness (QED) is 0.654. The summed E-state index contributed by atoms with van der Waals surface area (Å²) in [5.74, 6) is -0.803. The van der Waals surface area contributed by atoms with Crippen LogP contribution in [0.2, 0.25) is 0 Å². The summed E-state index contributed by atoms with van der Waals surface area (Å²) >= 11 is 0. The Kier molecular flexibility index (Phi) is 6.35. The van der Waals surface area contributed by atoms with Crippen molar-refractivity contribution in [2.75, 3.05) is 18.9 Å². The highest BCUT2D eigenvalue weighted by atomic mass is 19.1. The second kappa shape index (κ2) is 8.95. The molecule has 0 fully saturated rings. The van der Waals surface area contributed by atoms with E-state index in [1.54, 1.807) is 25.2 Å². The summed E-state index contributed by atoms with van der Waals surface area (Å²) in [6, 6.07) is 15.5. The molecule has 0 spiro atoms. The SMILES string of the molecule is CCc1ccccc1NC(=O)CN(C)C(=O)c1cc(C)n(-c2ccc(F)cc2)c1C. The number of aryl methyl sites for hydroxylation is 2. The molecule has 156 valence electrons. The molecule has 2 aromatic carbocycles. The number of para-hydroxylation sites is 1. The Bertz CT molecular complexity index is 1070. The first-order valence-corrected chi connectivity index (χ1v) is 9.90. The molecule has 1 aromatic heterocycles. The van der Waals surface area contributed by atoms with Gasteiger partial charge >= 0.3 is 0 Å². The molecule has 0 aliphatic heterocycles. The summed E-state index contributed by atoms with van der Waals surface area (Å²) < 4.78 is 15.2. The van der Waals surface area contributed by atoms with E-state index >= 15 is 0 Å². The van der Waals surface area contributed by atoms with Gasteiger partial charge in [0.15, 0.2) is 0 Å². The lowest BCUT2D eigenvalue weighted by atomic mass is 10.1. The van der Waals surface area contributed by atoms with Crippen LogP contribution in [0.1, 0.15) is 34.2 Å². The van der Waals surface area contributed by atoms with Gasteiger partial charge in [0.1, 0.15) is 5.82 Å². The average Bonchev–Trinajstić information content (AvgIpc) is 3.02. The van der Waals surface area contributed by atoms with E-state index in [1.165, 1.54) is 17.0 Å². The third-order valence-electron chi connectivity index (χ3n) is 5.15. The number of nitrogens with zero attached hydrogens (tertiary/aromatic N) is 2. The number of amides is 2. The number of benzene rings is 2. The topological polar surface area (TPSA) is 54.3 Å². The van der Waals surface area contributed by atoms with Gasteiger partial charge in [-0.05, 0) is 62.2 Å². The predicted octanol–water partition coefficient (Wildman–Crippen LogP) is 4.51. The second-order valence-corrected chi connectivity index (χ2v) is 7.32. The van der Waals surface area contributed by atoms with E-state index in [1.807, 2.05) is 49.6 Å². The Morgan fingerprint density at radius 1 is 1.07 bits per heavy atom. The summed E-state index contributed by atoms with van der Waals surface area (Å²) in [5.41, 5.74) is 4.70. The summed E-state index contributed by atoms with van der Waals surface area (Å²) in [5, 5.41) is 2.89. The number of aromatic nitrogens is 1. The lowest BCUT2D eigenvalue weighted by Crippen LogP contribution is -2.35. The van der Waals surface area contributed by atoms with Crippen molar-refractivity contribution < 1.29 is 14.0 Å². The fourth-order valence-electron chi connectivity index (χ4n) is 3.60. The lowest BCUT2D eigenvalue weighted by Gasteiger charge is -2.18. The number of carbonyl (C=O) groups excluding carboxylic acids is 2. The van der Waals surface area contributed by atoms with Gasteiger partial charge in [0, 0.05) is 29.8 Å². The van der Waals surface area contributed by atoms with Crippen molar-refractivity contribution in [3.05, 3.63) is 82.9 Å². The van der Waals surface area contributed by atoms with Crippen molar-refractivity contribution in [1.82, 2.24) is 9.47 Å². The highest BCUT2D eigenvalue weighted by Gasteiger charge is 2.21. The zero-order valence-corrected chi connectivity index (χ0v) is 17.7. The van der Waals surface area contributed by atoms with Gasteiger partial charge in [-0.3, -0.25) is 9.59 Å². The molecule has 0 saturated carbocycles. The van der Waals surface area contributed by atoms with Gasteiger partial charge in [0.25, 0.3) is 5.91 Å². The van der Waals surface area contributed by atoms with Crippen molar-refractivity contribution in [2.45, 2.75) is 27.2 Å². The number of anilines is 1. The van der Waals surface area contributed by atoms with Crippen LogP contribution in [0.4, 0.5) is 10.1 Å². The molecule has 0 saturated heterocycles. The first kappa shape index (κ1) is 21.3. The molecule has 3 rings (SSSR count). The van der Waals surface area contributed by atoms with E-state index < -0.39 is 0 Å². The highest BCUT2D eigenvalue weighted by Crippen LogP contribution is 2.22. The number of halogens is 1. The van der Waals surface area contributed by atoms with Gasteiger partial charge in [-0.1, -0.05) is 25.1 Å². The van der Waals surface area contributed by atoms with E-state index in [4.69, 9.17) is 0 Å². The molecule has 5 nitrogen and oxygen atoms in total. The second-order valence-electron chi connectivity index (χ2n) is 7.32. The molecule has 6 heteroatoms. The largest absolute Gasteiger partial charge is 0.332 e. The molecule has 2 amide bonds. The molecule has 0 unspecified atom stereocenters. The van der Waals surface area contributed by atoms with Crippen LogP contribution in [-0.2, 0) is 11.2 Å². The zero-order valence-electron chi connectivity index (χ0n) is 17.7. The van der Waals surface area contributed by atoms with Crippen LogP contribution in [0.15, 0.2) is 54.6 Å².